The summed E-state index contributed by atoms with van der Waals surface area (Å²) in [5, 5.41) is 0. The molecule has 0 amide bonds. The van der Waals surface area contributed by atoms with Crippen molar-refractivity contribution in [3.05, 3.63) is 0 Å². The minimum atomic E-state index is 0. The molecule has 18 valence electrons. The molecule has 0 atom stereocenters. The third kappa shape index (κ3) is 8.83. The first kappa shape index (κ1) is 16.2. The van der Waals surface area contributed by atoms with Crippen molar-refractivity contribution in [1.82, 2.24) is 0 Å². The molecule has 0 aliphatic heterocycles. The molecule has 0 rings (SSSR count). The molecule has 4 heavy (non-hydrogen) atoms. The molecule has 0 fully saturated rings. The van der Waals surface area contributed by atoms with Crippen LogP contribution in [0.15, 0.2) is 0 Å². The fourth-order valence-electron chi connectivity index (χ4n) is 0. The van der Waals surface area contributed by atoms with Gasteiger partial charge in [-0.3, -0.25) is 0 Å². The van der Waals surface area contributed by atoms with Crippen molar-refractivity contribution in [3.63, 3.8) is 0 Å². The second kappa shape index (κ2) is 18.2. The number of hydrogen-bond donors (Lipinski definition) is 0. The summed E-state index contributed by atoms with van der Waals surface area (Å²) < 4.78 is 8.34. The predicted molar refractivity (Wildman–Crippen MR) is 16.4 cm³/mol. The van der Waals surface area contributed by atoms with E-state index in [0.717, 1.165) is 0 Å². The SMILES string of the molecule is [Cd].[InH3].[O]=[Sn]. The average molecular weight is 365 g/mol. The molecule has 0 saturated heterocycles. The molecule has 0 bridgehead atoms. The Kier molecular flexibility index (Phi) is 73.4. The molecule has 0 aromatic carbocycles. The molecular weight excluding hydrogens is 362 g/mol. The van der Waals surface area contributed by atoms with Crippen molar-refractivity contribution in [2.24, 2.45) is 0 Å². The van der Waals surface area contributed by atoms with Crippen molar-refractivity contribution in [3.8, 4) is 0 Å². The maximum absolute atomic E-state index is 8.34. The van der Waals surface area contributed by atoms with E-state index in [-0.39, 0.29) is 53.1 Å². The monoisotopic (exact) mass is 368 g/mol. The van der Waals surface area contributed by atoms with E-state index >= 15 is 0 Å². The van der Waals surface area contributed by atoms with Crippen LogP contribution in [0.5, 0.6) is 0 Å². The number of hydrogen-bond acceptors (Lipinski definition) is 1. The zero-order valence-electron chi connectivity index (χ0n) is 1.62. The molecule has 0 saturated carbocycles. The molecular formula is H3CdInOSn. The molecule has 1 nitrogen and oxygen atoms in total. The van der Waals surface area contributed by atoms with Crippen LogP contribution in [0.3, 0.4) is 0 Å². The quantitative estimate of drug-likeness (QED) is 0.469. The molecule has 0 heterocycles. The van der Waals surface area contributed by atoms with Crippen molar-refractivity contribution >= 4 is 48.4 Å². The summed E-state index contributed by atoms with van der Waals surface area (Å²) >= 11 is 0.300. The molecule has 0 unspecified atom stereocenters. The van der Waals surface area contributed by atoms with Crippen LogP contribution in [0, 0.1) is 0 Å². The molecule has 4 heteroatoms. The Bertz CT molecular complexity index is 8.00. The van der Waals surface area contributed by atoms with Gasteiger partial charge < -0.3 is 0 Å². The second-order valence-electron chi connectivity index (χ2n) is 0. The van der Waals surface area contributed by atoms with E-state index < -0.39 is 0 Å². The summed E-state index contributed by atoms with van der Waals surface area (Å²) in [4.78, 5) is 0. The topological polar surface area (TPSA) is 17.1 Å². The van der Waals surface area contributed by atoms with Crippen LogP contribution in [0.1, 0.15) is 0 Å². The summed E-state index contributed by atoms with van der Waals surface area (Å²) in [6, 6.07) is 0. The minimum absolute atomic E-state index is 0. The van der Waals surface area contributed by atoms with Crippen LogP contribution in [-0.2, 0) is 30.4 Å². The van der Waals surface area contributed by atoms with Gasteiger partial charge >= 0.3 is 51.4 Å². The first-order valence-corrected chi connectivity index (χ1v) is 1.37. The Labute approximate surface area is 77.3 Å². The molecule has 2 radical (unpaired) electrons. The first-order chi connectivity index (χ1) is 1.00. The Balaban J connectivity index is -0.00000000500. The summed E-state index contributed by atoms with van der Waals surface area (Å²) in [6.45, 7) is 0. The molecule has 0 aliphatic rings. The van der Waals surface area contributed by atoms with Gasteiger partial charge in [-0.2, -0.15) is 0 Å². The third-order valence-electron chi connectivity index (χ3n) is 0. The predicted octanol–water partition coefficient (Wildman–Crippen LogP) is -1.69. The van der Waals surface area contributed by atoms with Gasteiger partial charge in [0.25, 0.3) is 0 Å². The van der Waals surface area contributed by atoms with E-state index in [0.29, 0.717) is 22.5 Å². The third-order valence-corrected chi connectivity index (χ3v) is 0. The molecule has 0 spiro atoms. The van der Waals surface area contributed by atoms with E-state index in [4.69, 9.17) is 3.08 Å². The summed E-state index contributed by atoms with van der Waals surface area (Å²) in [6.07, 6.45) is 0. The fourth-order valence-corrected chi connectivity index (χ4v) is 0. The van der Waals surface area contributed by atoms with Crippen molar-refractivity contribution in [2.45, 2.75) is 0 Å². The van der Waals surface area contributed by atoms with Crippen molar-refractivity contribution < 1.29 is 30.4 Å². The van der Waals surface area contributed by atoms with E-state index in [1.54, 1.807) is 0 Å². The van der Waals surface area contributed by atoms with Gasteiger partial charge in [0, 0.05) is 27.3 Å². The zero-order chi connectivity index (χ0) is 2.00. The second-order valence-corrected chi connectivity index (χ2v) is 0. The van der Waals surface area contributed by atoms with E-state index in [2.05, 4.69) is 0 Å². The van der Waals surface area contributed by atoms with Gasteiger partial charge in [-0.05, 0) is 0 Å². The van der Waals surface area contributed by atoms with Gasteiger partial charge in [-0.25, -0.2) is 0 Å². The molecule has 0 aromatic rings. The van der Waals surface area contributed by atoms with E-state index in [1.807, 2.05) is 0 Å². The van der Waals surface area contributed by atoms with Gasteiger partial charge in [0.15, 0.2) is 0 Å². The van der Waals surface area contributed by atoms with Crippen LogP contribution in [0.25, 0.3) is 0 Å². The molecule has 0 aromatic heterocycles. The first-order valence-electron chi connectivity index (χ1n) is 0.204. The van der Waals surface area contributed by atoms with Crippen LogP contribution in [-0.4, -0.2) is 48.4 Å². The summed E-state index contributed by atoms with van der Waals surface area (Å²) in [5.74, 6) is 0. The Hall–Kier alpha value is 2.39. The standard InChI is InChI=1S/Cd.In.O.Sn.3H. The van der Waals surface area contributed by atoms with E-state index in [1.165, 1.54) is 0 Å². The van der Waals surface area contributed by atoms with Gasteiger partial charge in [0.05, 0.1) is 0 Å². The molecule has 0 N–H and O–H groups in total. The van der Waals surface area contributed by atoms with Gasteiger partial charge in [0.1, 0.15) is 0 Å². The maximum atomic E-state index is 8.34. The van der Waals surface area contributed by atoms with Gasteiger partial charge in [0.2, 0.25) is 0 Å². The number of rotatable bonds is 0. The van der Waals surface area contributed by atoms with Crippen LogP contribution in [0.4, 0.5) is 0 Å². The van der Waals surface area contributed by atoms with Gasteiger partial charge in [-0.15, -0.1) is 0 Å². The van der Waals surface area contributed by atoms with Crippen molar-refractivity contribution in [1.29, 1.82) is 0 Å². The Morgan fingerprint density at radius 2 is 1.25 bits per heavy atom. The summed E-state index contributed by atoms with van der Waals surface area (Å²) in [5.41, 5.74) is 0. The molecule has 0 aliphatic carbocycles. The Morgan fingerprint density at radius 1 is 1.25 bits per heavy atom. The van der Waals surface area contributed by atoms with Crippen molar-refractivity contribution in [2.75, 3.05) is 0 Å². The van der Waals surface area contributed by atoms with Crippen LogP contribution >= 0.6 is 0 Å². The zero-order valence-corrected chi connectivity index (χ0v) is 8.51. The normalized spacial score (nSPS) is 1.00. The van der Waals surface area contributed by atoms with E-state index in [9.17, 15) is 0 Å². The Morgan fingerprint density at radius 3 is 1.25 bits per heavy atom. The average Bonchev–Trinajstić information content (AvgIpc) is 1.00. The van der Waals surface area contributed by atoms with Crippen LogP contribution < -0.4 is 0 Å². The van der Waals surface area contributed by atoms with Crippen LogP contribution in [0.2, 0.25) is 0 Å². The summed E-state index contributed by atoms with van der Waals surface area (Å²) in [7, 11) is 0. The van der Waals surface area contributed by atoms with Gasteiger partial charge in [-0.1, -0.05) is 0 Å². The fraction of sp³-hybridized carbons (Fsp3) is 0.